The molecule has 2 aromatic carbocycles. The van der Waals surface area contributed by atoms with Crippen LogP contribution >= 0.6 is 0 Å². The highest BCUT2D eigenvalue weighted by atomic mass is 19.2. The molecule has 0 heterocycles. The average molecular weight is 274 g/mol. The number of aliphatic hydroxyl groups excluding tert-OH is 1. The molecule has 0 aliphatic carbocycles. The van der Waals surface area contributed by atoms with E-state index in [9.17, 15) is 27.1 Å². The first kappa shape index (κ1) is 13.5. The molecular weight excluding hydrogens is 267 g/mol. The Bertz CT molecular complexity index is 606. The fourth-order valence-corrected chi connectivity index (χ4v) is 1.68. The minimum absolute atomic E-state index is 0.565. The Labute approximate surface area is 104 Å². The molecular formula is C13H7F5O. The minimum Gasteiger partial charge on any atom is -0.383 e. The topological polar surface area (TPSA) is 20.2 Å². The van der Waals surface area contributed by atoms with Gasteiger partial charge in [0.25, 0.3) is 0 Å². The highest BCUT2D eigenvalue weighted by molar-refractivity contribution is 5.33. The number of halogens is 5. The molecule has 0 amide bonds. The monoisotopic (exact) mass is 274 g/mol. The summed E-state index contributed by atoms with van der Waals surface area (Å²) >= 11 is 0. The summed E-state index contributed by atoms with van der Waals surface area (Å²) in [5.74, 6) is -7.18. The van der Waals surface area contributed by atoms with E-state index in [-0.39, 0.29) is 0 Å². The van der Waals surface area contributed by atoms with Gasteiger partial charge in [-0.05, 0) is 18.2 Å². The van der Waals surface area contributed by atoms with Crippen LogP contribution in [0.4, 0.5) is 22.0 Å². The maximum absolute atomic E-state index is 13.4. The Kier molecular flexibility index (Phi) is 3.53. The first-order chi connectivity index (χ1) is 8.93. The molecule has 0 fully saturated rings. The fourth-order valence-electron chi connectivity index (χ4n) is 1.68. The number of benzene rings is 2. The third-order valence-electron chi connectivity index (χ3n) is 2.63. The molecule has 0 aromatic heterocycles. The third kappa shape index (κ3) is 2.31. The SMILES string of the molecule is OC(c1ccc(F)c(F)c1F)c1c(F)cccc1F. The molecule has 100 valence electrons. The first-order valence-corrected chi connectivity index (χ1v) is 5.19. The van der Waals surface area contributed by atoms with Crippen molar-refractivity contribution in [1.29, 1.82) is 0 Å². The molecule has 2 rings (SSSR count). The van der Waals surface area contributed by atoms with Crippen LogP contribution in [0.15, 0.2) is 30.3 Å². The number of aliphatic hydroxyl groups is 1. The molecule has 6 heteroatoms. The van der Waals surface area contributed by atoms with Crippen LogP contribution < -0.4 is 0 Å². The van der Waals surface area contributed by atoms with Crippen molar-refractivity contribution in [2.24, 2.45) is 0 Å². The van der Waals surface area contributed by atoms with E-state index in [0.29, 0.717) is 6.07 Å². The molecule has 1 N–H and O–H groups in total. The van der Waals surface area contributed by atoms with Crippen molar-refractivity contribution in [3.63, 3.8) is 0 Å². The van der Waals surface area contributed by atoms with Gasteiger partial charge < -0.3 is 5.11 Å². The van der Waals surface area contributed by atoms with Crippen molar-refractivity contribution in [2.45, 2.75) is 6.10 Å². The van der Waals surface area contributed by atoms with E-state index in [1.807, 2.05) is 0 Å². The molecule has 1 unspecified atom stereocenters. The van der Waals surface area contributed by atoms with Crippen molar-refractivity contribution < 1.29 is 27.1 Å². The summed E-state index contributed by atoms with van der Waals surface area (Å²) in [6.07, 6.45) is -2.07. The van der Waals surface area contributed by atoms with E-state index < -0.39 is 46.3 Å². The highest BCUT2D eigenvalue weighted by Gasteiger charge is 2.25. The predicted octanol–water partition coefficient (Wildman–Crippen LogP) is 3.46. The summed E-state index contributed by atoms with van der Waals surface area (Å²) in [7, 11) is 0. The number of hydrogen-bond acceptors (Lipinski definition) is 1. The van der Waals surface area contributed by atoms with Crippen LogP contribution in [0.3, 0.4) is 0 Å². The van der Waals surface area contributed by atoms with Gasteiger partial charge in [0.05, 0.1) is 5.56 Å². The fraction of sp³-hybridized carbons (Fsp3) is 0.0769. The van der Waals surface area contributed by atoms with Gasteiger partial charge in [0.2, 0.25) is 0 Å². The van der Waals surface area contributed by atoms with Crippen LogP contribution in [0.2, 0.25) is 0 Å². The van der Waals surface area contributed by atoms with Gasteiger partial charge in [-0.1, -0.05) is 12.1 Å². The van der Waals surface area contributed by atoms with Gasteiger partial charge in [0.15, 0.2) is 17.5 Å². The molecule has 2 aromatic rings. The summed E-state index contributed by atoms with van der Waals surface area (Å²) in [5.41, 5.74) is -1.57. The third-order valence-corrected chi connectivity index (χ3v) is 2.63. The Hall–Kier alpha value is -1.95. The maximum Gasteiger partial charge on any atom is 0.194 e. The first-order valence-electron chi connectivity index (χ1n) is 5.19. The van der Waals surface area contributed by atoms with Crippen molar-refractivity contribution in [3.05, 3.63) is 70.5 Å². The molecule has 0 bridgehead atoms. The molecule has 1 nitrogen and oxygen atoms in total. The van der Waals surface area contributed by atoms with Crippen molar-refractivity contribution >= 4 is 0 Å². The lowest BCUT2D eigenvalue weighted by Crippen LogP contribution is -2.09. The van der Waals surface area contributed by atoms with Gasteiger partial charge in [0.1, 0.15) is 17.7 Å². The summed E-state index contributed by atoms with van der Waals surface area (Å²) in [4.78, 5) is 0. The van der Waals surface area contributed by atoms with Crippen molar-refractivity contribution in [2.75, 3.05) is 0 Å². The van der Waals surface area contributed by atoms with Crippen LogP contribution in [0.1, 0.15) is 17.2 Å². The molecule has 0 aliphatic heterocycles. The molecule has 0 saturated carbocycles. The lowest BCUT2D eigenvalue weighted by Gasteiger charge is -2.14. The van der Waals surface area contributed by atoms with Crippen LogP contribution in [0.5, 0.6) is 0 Å². The van der Waals surface area contributed by atoms with E-state index in [0.717, 1.165) is 24.3 Å². The second-order valence-electron chi connectivity index (χ2n) is 3.80. The quantitative estimate of drug-likeness (QED) is 0.656. The Morgan fingerprint density at radius 2 is 1.32 bits per heavy atom. The van der Waals surface area contributed by atoms with Gasteiger partial charge in [-0.2, -0.15) is 0 Å². The summed E-state index contributed by atoms with van der Waals surface area (Å²) in [5, 5.41) is 9.74. The van der Waals surface area contributed by atoms with Gasteiger partial charge in [-0.25, -0.2) is 22.0 Å². The molecule has 0 spiro atoms. The second-order valence-corrected chi connectivity index (χ2v) is 3.80. The molecule has 0 radical (unpaired) electrons. The Morgan fingerprint density at radius 3 is 1.89 bits per heavy atom. The highest BCUT2D eigenvalue weighted by Crippen LogP contribution is 2.29. The minimum atomic E-state index is -2.07. The van der Waals surface area contributed by atoms with Gasteiger partial charge in [-0.15, -0.1) is 0 Å². The van der Waals surface area contributed by atoms with Crippen LogP contribution in [0.25, 0.3) is 0 Å². The van der Waals surface area contributed by atoms with Gasteiger partial charge in [-0.3, -0.25) is 0 Å². The van der Waals surface area contributed by atoms with Crippen molar-refractivity contribution in [3.8, 4) is 0 Å². The largest absolute Gasteiger partial charge is 0.383 e. The zero-order valence-corrected chi connectivity index (χ0v) is 9.30. The van der Waals surface area contributed by atoms with Gasteiger partial charge >= 0.3 is 0 Å². The van der Waals surface area contributed by atoms with Gasteiger partial charge in [0, 0.05) is 5.56 Å². The van der Waals surface area contributed by atoms with E-state index >= 15 is 0 Å². The Morgan fingerprint density at radius 1 is 0.737 bits per heavy atom. The molecule has 1 atom stereocenters. The summed E-state index contributed by atoms with van der Waals surface area (Å²) in [6.45, 7) is 0. The predicted molar refractivity (Wildman–Crippen MR) is 56.7 cm³/mol. The second kappa shape index (κ2) is 4.97. The van der Waals surface area contributed by atoms with E-state index in [1.54, 1.807) is 0 Å². The number of hydrogen-bond donors (Lipinski definition) is 1. The van der Waals surface area contributed by atoms with Crippen molar-refractivity contribution in [1.82, 2.24) is 0 Å². The zero-order chi connectivity index (χ0) is 14.2. The van der Waals surface area contributed by atoms with Crippen LogP contribution in [-0.2, 0) is 0 Å². The summed E-state index contributed by atoms with van der Waals surface area (Å²) < 4.78 is 66.0. The lowest BCUT2D eigenvalue weighted by molar-refractivity contribution is 0.202. The van der Waals surface area contributed by atoms with E-state index in [2.05, 4.69) is 0 Å². The smallest absolute Gasteiger partial charge is 0.194 e. The normalized spacial score (nSPS) is 12.5. The summed E-state index contributed by atoms with van der Waals surface area (Å²) in [6, 6.07) is 4.07. The molecule has 0 aliphatic rings. The average Bonchev–Trinajstić information content (AvgIpc) is 2.35. The standard InChI is InChI=1S/C13H7F5O/c14-7-2-1-3-8(15)10(7)13(19)6-4-5-9(16)12(18)11(6)17/h1-5,13,19H. The zero-order valence-electron chi connectivity index (χ0n) is 9.30. The van der Waals surface area contributed by atoms with E-state index in [4.69, 9.17) is 0 Å². The Balaban J connectivity index is 2.57. The van der Waals surface area contributed by atoms with E-state index in [1.165, 1.54) is 0 Å². The number of rotatable bonds is 2. The molecule has 19 heavy (non-hydrogen) atoms. The van der Waals surface area contributed by atoms with Crippen LogP contribution in [0, 0.1) is 29.1 Å². The van der Waals surface area contributed by atoms with Crippen LogP contribution in [-0.4, -0.2) is 5.11 Å². The lowest BCUT2D eigenvalue weighted by atomic mass is 9.99. The maximum atomic E-state index is 13.4. The molecule has 0 saturated heterocycles.